The Kier molecular flexibility index (Phi) is 4.66. The van der Waals surface area contributed by atoms with Gasteiger partial charge in [0.15, 0.2) is 0 Å². The zero-order valence-corrected chi connectivity index (χ0v) is 14.0. The van der Waals surface area contributed by atoms with Crippen LogP contribution >= 0.6 is 0 Å². The molecule has 1 N–H and O–H groups in total. The Morgan fingerprint density at radius 2 is 2.00 bits per heavy atom. The number of amides is 1. The minimum atomic E-state index is -0.254. The van der Waals surface area contributed by atoms with Crippen LogP contribution in [0.5, 0.6) is 0 Å². The van der Waals surface area contributed by atoms with Crippen LogP contribution < -0.4 is 5.32 Å². The van der Waals surface area contributed by atoms with Crippen molar-refractivity contribution in [3.8, 4) is 0 Å². The highest BCUT2D eigenvalue weighted by molar-refractivity contribution is 5.93. The number of imidazole rings is 1. The summed E-state index contributed by atoms with van der Waals surface area (Å²) in [6.45, 7) is 3.58. The van der Waals surface area contributed by atoms with Crippen molar-refractivity contribution in [2.75, 3.05) is 19.8 Å². The van der Waals surface area contributed by atoms with Gasteiger partial charge in [0.1, 0.15) is 11.5 Å². The van der Waals surface area contributed by atoms with Gasteiger partial charge in [0.25, 0.3) is 5.91 Å². The van der Waals surface area contributed by atoms with Crippen LogP contribution in [0.4, 0.5) is 4.39 Å². The van der Waals surface area contributed by atoms with E-state index in [1.165, 1.54) is 12.1 Å². The summed E-state index contributed by atoms with van der Waals surface area (Å²) in [5.74, 6) is -0.393. The van der Waals surface area contributed by atoms with Crippen LogP contribution in [0.3, 0.4) is 0 Å². The first-order valence-electron chi connectivity index (χ1n) is 8.12. The van der Waals surface area contributed by atoms with Crippen LogP contribution in [0.25, 0.3) is 0 Å². The van der Waals surface area contributed by atoms with Gasteiger partial charge in [-0.3, -0.25) is 4.79 Å². The molecular formula is C18H22FN3O2. The van der Waals surface area contributed by atoms with E-state index in [9.17, 15) is 9.18 Å². The first-order valence-corrected chi connectivity index (χ1v) is 8.12. The zero-order chi connectivity index (χ0) is 17.2. The van der Waals surface area contributed by atoms with E-state index in [4.69, 9.17) is 4.74 Å². The molecule has 0 radical (unpaired) electrons. The topological polar surface area (TPSA) is 56.2 Å². The van der Waals surface area contributed by atoms with Gasteiger partial charge in [0.2, 0.25) is 0 Å². The van der Waals surface area contributed by atoms with E-state index in [0.29, 0.717) is 31.1 Å². The van der Waals surface area contributed by atoms with Crippen LogP contribution in [-0.4, -0.2) is 35.2 Å². The van der Waals surface area contributed by atoms with Crippen molar-refractivity contribution in [1.82, 2.24) is 14.9 Å². The lowest BCUT2D eigenvalue weighted by Gasteiger charge is -2.38. The number of aryl methyl sites for hydroxylation is 2. The molecule has 24 heavy (non-hydrogen) atoms. The quantitative estimate of drug-likeness (QED) is 0.936. The van der Waals surface area contributed by atoms with Gasteiger partial charge in [-0.15, -0.1) is 0 Å². The average Bonchev–Trinajstić information content (AvgIpc) is 2.93. The van der Waals surface area contributed by atoms with E-state index in [1.54, 1.807) is 17.9 Å². The fourth-order valence-corrected chi connectivity index (χ4v) is 3.34. The molecule has 3 rings (SSSR count). The Labute approximate surface area is 140 Å². The first kappa shape index (κ1) is 16.6. The molecule has 1 aliphatic rings. The molecule has 0 saturated carbocycles. The molecule has 0 bridgehead atoms. The highest BCUT2D eigenvalue weighted by atomic mass is 19.1. The van der Waals surface area contributed by atoms with Crippen molar-refractivity contribution in [3.05, 3.63) is 53.4 Å². The Morgan fingerprint density at radius 3 is 2.58 bits per heavy atom. The van der Waals surface area contributed by atoms with Gasteiger partial charge in [-0.25, -0.2) is 9.37 Å². The minimum absolute atomic E-state index is 0.138. The predicted octanol–water partition coefficient (Wildman–Crippen LogP) is 2.35. The minimum Gasteiger partial charge on any atom is -0.381 e. The maximum Gasteiger partial charge on any atom is 0.269 e. The Balaban J connectivity index is 1.80. The summed E-state index contributed by atoms with van der Waals surface area (Å²) in [6, 6.07) is 6.56. The highest BCUT2D eigenvalue weighted by Gasteiger charge is 2.35. The van der Waals surface area contributed by atoms with E-state index < -0.39 is 0 Å². The van der Waals surface area contributed by atoms with Gasteiger partial charge in [0, 0.05) is 32.2 Å². The van der Waals surface area contributed by atoms with Crippen molar-refractivity contribution in [3.63, 3.8) is 0 Å². The van der Waals surface area contributed by atoms with Gasteiger partial charge < -0.3 is 14.6 Å². The van der Waals surface area contributed by atoms with Crippen LogP contribution in [0, 0.1) is 12.7 Å². The van der Waals surface area contributed by atoms with E-state index in [2.05, 4.69) is 10.3 Å². The monoisotopic (exact) mass is 331 g/mol. The maximum absolute atomic E-state index is 13.3. The molecule has 1 aromatic heterocycles. The summed E-state index contributed by atoms with van der Waals surface area (Å²) in [6.07, 6.45) is 3.22. The number of nitrogens with zero attached hydrogens (tertiary/aromatic N) is 2. The number of nitrogens with one attached hydrogen (secondary N) is 1. The molecule has 1 aliphatic heterocycles. The van der Waals surface area contributed by atoms with Crippen molar-refractivity contribution in [2.24, 2.45) is 7.05 Å². The molecular weight excluding hydrogens is 309 g/mol. The van der Waals surface area contributed by atoms with Gasteiger partial charge in [0.05, 0.1) is 12.0 Å². The molecule has 0 aliphatic carbocycles. The number of hydrogen-bond acceptors (Lipinski definition) is 3. The summed E-state index contributed by atoms with van der Waals surface area (Å²) >= 11 is 0. The predicted molar refractivity (Wildman–Crippen MR) is 88.4 cm³/mol. The largest absolute Gasteiger partial charge is 0.381 e. The smallest absolute Gasteiger partial charge is 0.269 e. The Morgan fingerprint density at radius 1 is 1.33 bits per heavy atom. The Bertz CT molecular complexity index is 699. The Hall–Kier alpha value is -2.21. The van der Waals surface area contributed by atoms with Gasteiger partial charge in [-0.2, -0.15) is 0 Å². The third-order valence-electron chi connectivity index (χ3n) is 4.83. The second-order valence-electron chi connectivity index (χ2n) is 6.37. The van der Waals surface area contributed by atoms with E-state index >= 15 is 0 Å². The summed E-state index contributed by atoms with van der Waals surface area (Å²) in [7, 11) is 1.80. The summed E-state index contributed by atoms with van der Waals surface area (Å²) < 4.78 is 20.5. The lowest BCUT2D eigenvalue weighted by atomic mass is 9.74. The molecule has 6 heteroatoms. The molecule has 0 spiro atoms. The number of aromatic nitrogens is 2. The first-order chi connectivity index (χ1) is 11.5. The second kappa shape index (κ2) is 6.73. The molecule has 2 heterocycles. The van der Waals surface area contributed by atoms with Gasteiger partial charge in [-0.1, -0.05) is 12.1 Å². The molecule has 128 valence electrons. The third-order valence-corrected chi connectivity index (χ3v) is 4.83. The molecule has 1 fully saturated rings. The number of halogens is 1. The van der Waals surface area contributed by atoms with Crippen molar-refractivity contribution >= 4 is 5.91 Å². The van der Waals surface area contributed by atoms with E-state index in [-0.39, 0.29) is 17.1 Å². The zero-order valence-electron chi connectivity index (χ0n) is 14.0. The normalized spacial score (nSPS) is 16.8. The number of hydrogen-bond donors (Lipinski definition) is 1. The average molecular weight is 331 g/mol. The molecule has 5 nitrogen and oxygen atoms in total. The lowest BCUT2D eigenvalue weighted by Crippen LogP contribution is -2.45. The molecule has 1 saturated heterocycles. The SMILES string of the molecule is Cc1ncn(C)c1C(=O)NCC1(c2ccc(F)cc2)CCOCC1. The van der Waals surface area contributed by atoms with Crippen molar-refractivity contribution in [2.45, 2.75) is 25.2 Å². The molecule has 1 amide bonds. The second-order valence-corrected chi connectivity index (χ2v) is 6.37. The molecule has 0 atom stereocenters. The van der Waals surface area contributed by atoms with E-state index in [1.807, 2.05) is 19.1 Å². The van der Waals surface area contributed by atoms with Crippen LogP contribution in [-0.2, 0) is 17.2 Å². The molecule has 0 unspecified atom stereocenters. The fraction of sp³-hybridized carbons (Fsp3) is 0.444. The molecule has 1 aromatic carbocycles. The van der Waals surface area contributed by atoms with Crippen LogP contribution in [0.2, 0.25) is 0 Å². The van der Waals surface area contributed by atoms with Gasteiger partial charge >= 0.3 is 0 Å². The third kappa shape index (κ3) is 3.19. The number of carbonyl (C=O) groups is 1. The van der Waals surface area contributed by atoms with Crippen molar-refractivity contribution in [1.29, 1.82) is 0 Å². The lowest BCUT2D eigenvalue weighted by molar-refractivity contribution is 0.0486. The highest BCUT2D eigenvalue weighted by Crippen LogP contribution is 2.34. The van der Waals surface area contributed by atoms with Crippen LogP contribution in [0.1, 0.15) is 34.6 Å². The number of ether oxygens (including phenoxy) is 1. The van der Waals surface area contributed by atoms with Crippen molar-refractivity contribution < 1.29 is 13.9 Å². The summed E-state index contributed by atoms with van der Waals surface area (Å²) in [4.78, 5) is 16.7. The number of benzene rings is 1. The van der Waals surface area contributed by atoms with Crippen LogP contribution in [0.15, 0.2) is 30.6 Å². The van der Waals surface area contributed by atoms with E-state index in [0.717, 1.165) is 18.4 Å². The summed E-state index contributed by atoms with van der Waals surface area (Å²) in [5, 5.41) is 3.04. The number of rotatable bonds is 4. The summed E-state index contributed by atoms with van der Waals surface area (Å²) in [5.41, 5.74) is 2.08. The standard InChI is InChI=1S/C18H22FN3O2/c1-13-16(22(2)12-21-13)17(23)20-11-18(7-9-24-10-8-18)14-3-5-15(19)6-4-14/h3-6,12H,7-11H2,1-2H3,(H,20,23). The number of carbonyl (C=O) groups excluding carboxylic acids is 1. The molecule has 2 aromatic rings. The maximum atomic E-state index is 13.3. The van der Waals surface area contributed by atoms with Gasteiger partial charge in [-0.05, 0) is 37.5 Å². The fourth-order valence-electron chi connectivity index (χ4n) is 3.34.